The van der Waals surface area contributed by atoms with Gasteiger partial charge in [0.15, 0.2) is 0 Å². The fourth-order valence-electron chi connectivity index (χ4n) is 2.51. The second-order valence-corrected chi connectivity index (χ2v) is 5.86. The summed E-state index contributed by atoms with van der Waals surface area (Å²) in [4.78, 5) is 23.2. The number of rotatable bonds is 4. The Bertz CT molecular complexity index is 893. The Labute approximate surface area is 147 Å². The first-order valence-corrected chi connectivity index (χ1v) is 8.06. The molecule has 0 aliphatic rings. The minimum Gasteiger partial charge on any atom is -0.324 e. The van der Waals surface area contributed by atoms with Crippen molar-refractivity contribution in [3.8, 4) is 0 Å². The summed E-state index contributed by atoms with van der Waals surface area (Å²) in [6.07, 6.45) is 0. The van der Waals surface area contributed by atoms with Crippen LogP contribution in [0.2, 0.25) is 0 Å². The highest BCUT2D eigenvalue weighted by Crippen LogP contribution is 2.19. The van der Waals surface area contributed by atoms with E-state index in [1.165, 1.54) is 0 Å². The monoisotopic (exact) mass is 332 g/mol. The third-order valence-electron chi connectivity index (χ3n) is 3.91. The molecule has 126 valence electrons. The fourth-order valence-corrected chi connectivity index (χ4v) is 2.51. The average molecular weight is 332 g/mol. The van der Waals surface area contributed by atoms with Gasteiger partial charge in [-0.05, 0) is 43.7 Å². The van der Waals surface area contributed by atoms with Crippen molar-refractivity contribution in [2.75, 3.05) is 17.3 Å². The summed E-state index contributed by atoms with van der Waals surface area (Å²) < 4.78 is 0. The number of aromatic nitrogens is 2. The number of amides is 1. The largest absolute Gasteiger partial charge is 0.324 e. The van der Waals surface area contributed by atoms with Crippen LogP contribution >= 0.6 is 0 Å². The molecule has 0 saturated heterocycles. The normalized spacial score (nSPS) is 10.4. The molecule has 0 atom stereocenters. The zero-order valence-electron chi connectivity index (χ0n) is 14.5. The number of para-hydroxylation sites is 2. The lowest BCUT2D eigenvalue weighted by Crippen LogP contribution is -2.27. The van der Waals surface area contributed by atoms with Crippen molar-refractivity contribution in [1.82, 2.24) is 9.97 Å². The molecule has 5 nitrogen and oxygen atoms in total. The maximum atomic E-state index is 12.8. The molecule has 1 aromatic heterocycles. The van der Waals surface area contributed by atoms with Crippen LogP contribution in [0.25, 0.3) is 0 Å². The van der Waals surface area contributed by atoms with Gasteiger partial charge in [0.05, 0.1) is 0 Å². The molecule has 3 aromatic rings. The highest BCUT2D eigenvalue weighted by atomic mass is 16.2. The topological polar surface area (TPSA) is 58.1 Å². The molecule has 0 fully saturated rings. The Hall–Kier alpha value is -3.21. The van der Waals surface area contributed by atoms with Crippen LogP contribution < -0.4 is 10.2 Å². The van der Waals surface area contributed by atoms with E-state index >= 15 is 0 Å². The van der Waals surface area contributed by atoms with Crippen molar-refractivity contribution < 1.29 is 4.79 Å². The van der Waals surface area contributed by atoms with Gasteiger partial charge in [0, 0.05) is 24.1 Å². The number of hydrogen-bond donors (Lipinski definition) is 1. The van der Waals surface area contributed by atoms with E-state index in [-0.39, 0.29) is 5.91 Å². The van der Waals surface area contributed by atoms with Crippen LogP contribution in [0, 0.1) is 13.8 Å². The van der Waals surface area contributed by atoms with Crippen molar-refractivity contribution >= 4 is 23.2 Å². The molecule has 0 radical (unpaired) electrons. The van der Waals surface area contributed by atoms with Gasteiger partial charge in [0.25, 0.3) is 5.91 Å². The average Bonchev–Trinajstić information content (AvgIpc) is 2.62. The van der Waals surface area contributed by atoms with Crippen LogP contribution in [0.1, 0.15) is 21.7 Å². The summed E-state index contributed by atoms with van der Waals surface area (Å²) in [6, 6.07) is 19.1. The van der Waals surface area contributed by atoms with Gasteiger partial charge >= 0.3 is 0 Å². The van der Waals surface area contributed by atoms with E-state index in [2.05, 4.69) is 15.3 Å². The van der Waals surface area contributed by atoms with Gasteiger partial charge in [-0.2, -0.15) is 0 Å². The minimum absolute atomic E-state index is 0.176. The van der Waals surface area contributed by atoms with Gasteiger partial charge in [0.2, 0.25) is 5.95 Å². The number of aryl methyl sites for hydroxylation is 2. The first-order chi connectivity index (χ1) is 12.0. The molecule has 1 heterocycles. The maximum absolute atomic E-state index is 12.8. The van der Waals surface area contributed by atoms with Crippen molar-refractivity contribution in [3.63, 3.8) is 0 Å². The van der Waals surface area contributed by atoms with E-state index in [1.54, 1.807) is 18.0 Å². The number of anilines is 3. The summed E-state index contributed by atoms with van der Waals surface area (Å²) in [5.74, 6) is 0.239. The summed E-state index contributed by atoms with van der Waals surface area (Å²) in [5.41, 5.74) is 3.91. The predicted octanol–water partition coefficient (Wildman–Crippen LogP) is 4.11. The number of hydrogen-bond acceptors (Lipinski definition) is 4. The molecule has 0 unspecified atom stereocenters. The molecule has 5 heteroatoms. The number of benzene rings is 2. The first kappa shape index (κ1) is 16.6. The van der Waals surface area contributed by atoms with Crippen molar-refractivity contribution in [3.05, 3.63) is 77.6 Å². The van der Waals surface area contributed by atoms with E-state index in [4.69, 9.17) is 0 Å². The molecular weight excluding hydrogens is 312 g/mol. The Morgan fingerprint density at radius 3 is 2.36 bits per heavy atom. The standard InChI is InChI=1S/C20H20N4O/c1-14-9-7-8-12-17(14)22-20-21-15(2)13-18(23-20)19(25)24(3)16-10-5-4-6-11-16/h4-13H,1-3H3,(H,21,22,23). The van der Waals surface area contributed by atoms with Crippen molar-refractivity contribution in [2.45, 2.75) is 13.8 Å². The molecular formula is C20H20N4O. The number of carbonyl (C=O) groups excluding carboxylic acids is 1. The Kier molecular flexibility index (Phi) is 4.75. The van der Waals surface area contributed by atoms with Crippen molar-refractivity contribution in [1.29, 1.82) is 0 Å². The smallest absolute Gasteiger partial charge is 0.276 e. The number of carbonyl (C=O) groups is 1. The molecule has 0 bridgehead atoms. The fraction of sp³-hybridized carbons (Fsp3) is 0.150. The van der Waals surface area contributed by atoms with Crippen molar-refractivity contribution in [2.24, 2.45) is 0 Å². The molecule has 1 amide bonds. The lowest BCUT2D eigenvalue weighted by Gasteiger charge is -2.17. The van der Waals surface area contributed by atoms with E-state index < -0.39 is 0 Å². The van der Waals surface area contributed by atoms with Gasteiger partial charge in [-0.15, -0.1) is 0 Å². The molecule has 25 heavy (non-hydrogen) atoms. The van der Waals surface area contributed by atoms with Crippen LogP contribution in [-0.4, -0.2) is 22.9 Å². The summed E-state index contributed by atoms with van der Waals surface area (Å²) in [7, 11) is 1.74. The molecule has 0 aliphatic heterocycles. The SMILES string of the molecule is Cc1cc(C(=O)N(C)c2ccccc2)nc(Nc2ccccc2C)n1. The van der Waals surface area contributed by atoms with Crippen LogP contribution in [0.3, 0.4) is 0 Å². The predicted molar refractivity (Wildman–Crippen MR) is 100 cm³/mol. The second-order valence-electron chi connectivity index (χ2n) is 5.86. The third-order valence-corrected chi connectivity index (χ3v) is 3.91. The van der Waals surface area contributed by atoms with E-state index in [0.29, 0.717) is 11.6 Å². The van der Waals surface area contributed by atoms with Gasteiger partial charge in [0.1, 0.15) is 5.69 Å². The van der Waals surface area contributed by atoms with Crippen LogP contribution in [0.5, 0.6) is 0 Å². The van der Waals surface area contributed by atoms with E-state index in [9.17, 15) is 4.79 Å². The minimum atomic E-state index is -0.176. The Morgan fingerprint density at radius 1 is 0.960 bits per heavy atom. The summed E-state index contributed by atoms with van der Waals surface area (Å²) in [5, 5.41) is 3.19. The summed E-state index contributed by atoms with van der Waals surface area (Å²) in [6.45, 7) is 3.86. The molecule has 0 spiro atoms. The van der Waals surface area contributed by atoms with Gasteiger partial charge in [-0.1, -0.05) is 36.4 Å². The second kappa shape index (κ2) is 7.13. The van der Waals surface area contributed by atoms with Gasteiger partial charge < -0.3 is 10.2 Å². The quantitative estimate of drug-likeness (QED) is 0.781. The molecule has 2 aromatic carbocycles. The van der Waals surface area contributed by atoms with Gasteiger partial charge in [-0.25, -0.2) is 9.97 Å². The number of nitrogens with zero attached hydrogens (tertiary/aromatic N) is 3. The molecule has 0 saturated carbocycles. The zero-order chi connectivity index (χ0) is 17.8. The molecule has 3 rings (SSSR count). The molecule has 1 N–H and O–H groups in total. The maximum Gasteiger partial charge on any atom is 0.276 e. The first-order valence-electron chi connectivity index (χ1n) is 8.06. The number of nitrogens with one attached hydrogen (secondary N) is 1. The lowest BCUT2D eigenvalue weighted by atomic mass is 10.2. The van der Waals surface area contributed by atoms with E-state index in [1.807, 2.05) is 68.4 Å². The van der Waals surface area contributed by atoms with Crippen LogP contribution in [0.4, 0.5) is 17.3 Å². The van der Waals surface area contributed by atoms with Crippen LogP contribution in [-0.2, 0) is 0 Å². The Balaban J connectivity index is 1.89. The van der Waals surface area contributed by atoms with Crippen LogP contribution in [0.15, 0.2) is 60.7 Å². The third kappa shape index (κ3) is 3.83. The molecule has 0 aliphatic carbocycles. The summed E-state index contributed by atoms with van der Waals surface area (Å²) >= 11 is 0. The Morgan fingerprint density at radius 2 is 1.64 bits per heavy atom. The highest BCUT2D eigenvalue weighted by molar-refractivity contribution is 6.04. The lowest BCUT2D eigenvalue weighted by molar-refractivity contribution is 0.0988. The van der Waals surface area contributed by atoms with Gasteiger partial charge in [-0.3, -0.25) is 4.79 Å². The highest BCUT2D eigenvalue weighted by Gasteiger charge is 2.16. The van der Waals surface area contributed by atoms with E-state index in [0.717, 1.165) is 22.6 Å². The zero-order valence-corrected chi connectivity index (χ0v) is 14.5.